The van der Waals surface area contributed by atoms with Gasteiger partial charge in [-0.2, -0.15) is 0 Å². The predicted octanol–water partition coefficient (Wildman–Crippen LogP) is 1.42. The maximum atomic E-state index is 9.89. The second-order valence-electron chi connectivity index (χ2n) is 5.47. The van der Waals surface area contributed by atoms with Crippen molar-refractivity contribution in [1.29, 1.82) is 0 Å². The zero-order valence-electron chi connectivity index (χ0n) is 11.7. The van der Waals surface area contributed by atoms with Crippen molar-refractivity contribution >= 4 is 0 Å². The summed E-state index contributed by atoms with van der Waals surface area (Å²) in [7, 11) is 0. The maximum Gasteiger partial charge on any atom is 0.0666 e. The second-order valence-corrected chi connectivity index (χ2v) is 5.47. The van der Waals surface area contributed by atoms with E-state index >= 15 is 0 Å². The molecule has 0 aliphatic carbocycles. The normalized spacial score (nSPS) is 20.7. The molecule has 3 nitrogen and oxygen atoms in total. The van der Waals surface area contributed by atoms with Crippen LogP contribution in [0, 0.1) is 13.8 Å². The Hall–Kier alpha value is -0.900. The van der Waals surface area contributed by atoms with Crippen molar-refractivity contribution < 1.29 is 5.11 Å². The minimum Gasteiger partial charge on any atom is -0.394 e. The summed E-state index contributed by atoms with van der Waals surface area (Å²) >= 11 is 0. The smallest absolute Gasteiger partial charge is 0.0666 e. The van der Waals surface area contributed by atoms with Gasteiger partial charge in [-0.25, -0.2) is 0 Å². The van der Waals surface area contributed by atoms with E-state index in [9.17, 15) is 5.11 Å². The fourth-order valence-corrected chi connectivity index (χ4v) is 2.61. The highest BCUT2D eigenvalue weighted by Crippen LogP contribution is 2.29. The van der Waals surface area contributed by atoms with Gasteiger partial charge in [0.1, 0.15) is 0 Å². The lowest BCUT2D eigenvalue weighted by molar-refractivity contribution is 0.0311. The number of aliphatic hydroxyl groups excluding tert-OH is 1. The van der Waals surface area contributed by atoms with Gasteiger partial charge in [0.15, 0.2) is 0 Å². The third-order valence-corrected chi connectivity index (χ3v) is 4.25. The lowest BCUT2D eigenvalue weighted by Gasteiger charge is -2.43. The van der Waals surface area contributed by atoms with Crippen molar-refractivity contribution in [3.05, 3.63) is 34.9 Å². The van der Waals surface area contributed by atoms with Gasteiger partial charge in [0.25, 0.3) is 0 Å². The van der Waals surface area contributed by atoms with Crippen molar-refractivity contribution in [2.45, 2.75) is 26.3 Å². The minimum atomic E-state index is -0.263. The van der Waals surface area contributed by atoms with Gasteiger partial charge in [0, 0.05) is 26.2 Å². The van der Waals surface area contributed by atoms with Crippen LogP contribution in [0.2, 0.25) is 0 Å². The molecule has 1 fully saturated rings. The SMILES string of the molecule is Cc1ccc(C(C)(CO)N2CCNCC2)cc1C. The zero-order valence-corrected chi connectivity index (χ0v) is 11.7. The maximum absolute atomic E-state index is 9.89. The average Bonchev–Trinajstić information content (AvgIpc) is 2.42. The molecule has 100 valence electrons. The molecule has 1 atom stereocenters. The largest absolute Gasteiger partial charge is 0.394 e. The van der Waals surface area contributed by atoms with E-state index in [4.69, 9.17) is 0 Å². The zero-order chi connectivity index (χ0) is 13.2. The highest BCUT2D eigenvalue weighted by atomic mass is 16.3. The Morgan fingerprint density at radius 1 is 1.22 bits per heavy atom. The first-order valence-electron chi connectivity index (χ1n) is 6.72. The van der Waals surface area contributed by atoms with Crippen LogP contribution >= 0.6 is 0 Å². The molecule has 0 bridgehead atoms. The van der Waals surface area contributed by atoms with Crippen molar-refractivity contribution in [3.8, 4) is 0 Å². The van der Waals surface area contributed by atoms with Crippen LogP contribution in [0.5, 0.6) is 0 Å². The molecular formula is C15H24N2O. The van der Waals surface area contributed by atoms with E-state index < -0.39 is 0 Å². The number of hydrogen-bond acceptors (Lipinski definition) is 3. The summed E-state index contributed by atoms with van der Waals surface area (Å²) in [5, 5.41) is 13.2. The van der Waals surface area contributed by atoms with Crippen LogP contribution in [0.25, 0.3) is 0 Å². The van der Waals surface area contributed by atoms with E-state index in [1.165, 1.54) is 16.7 Å². The Kier molecular flexibility index (Phi) is 4.05. The van der Waals surface area contributed by atoms with E-state index in [1.54, 1.807) is 0 Å². The predicted molar refractivity (Wildman–Crippen MR) is 74.8 cm³/mol. The van der Waals surface area contributed by atoms with Gasteiger partial charge in [0.2, 0.25) is 0 Å². The van der Waals surface area contributed by atoms with E-state index in [-0.39, 0.29) is 12.1 Å². The fourth-order valence-electron chi connectivity index (χ4n) is 2.61. The Labute approximate surface area is 110 Å². The number of nitrogens with one attached hydrogen (secondary N) is 1. The van der Waals surface area contributed by atoms with Crippen LogP contribution in [0.3, 0.4) is 0 Å². The lowest BCUT2D eigenvalue weighted by Crippen LogP contribution is -2.54. The van der Waals surface area contributed by atoms with E-state index in [0.29, 0.717) is 0 Å². The molecule has 1 aliphatic rings. The summed E-state index contributed by atoms with van der Waals surface area (Å²) in [4.78, 5) is 2.38. The molecule has 0 saturated carbocycles. The molecule has 3 heteroatoms. The van der Waals surface area contributed by atoms with Crippen molar-refractivity contribution in [2.24, 2.45) is 0 Å². The molecule has 0 radical (unpaired) electrons. The molecule has 1 aliphatic heterocycles. The summed E-state index contributed by atoms with van der Waals surface area (Å²) in [5.74, 6) is 0. The number of aliphatic hydroxyl groups is 1. The third-order valence-electron chi connectivity index (χ3n) is 4.25. The monoisotopic (exact) mass is 248 g/mol. The van der Waals surface area contributed by atoms with Gasteiger partial charge >= 0.3 is 0 Å². The molecule has 2 N–H and O–H groups in total. The fraction of sp³-hybridized carbons (Fsp3) is 0.600. The highest BCUT2D eigenvalue weighted by molar-refractivity contribution is 5.34. The van der Waals surface area contributed by atoms with Crippen molar-refractivity contribution in [2.75, 3.05) is 32.8 Å². The molecule has 0 aromatic heterocycles. The Morgan fingerprint density at radius 2 is 1.89 bits per heavy atom. The van der Waals surface area contributed by atoms with Gasteiger partial charge in [-0.15, -0.1) is 0 Å². The molecular weight excluding hydrogens is 224 g/mol. The van der Waals surface area contributed by atoms with Gasteiger partial charge in [0.05, 0.1) is 12.1 Å². The number of nitrogens with zero attached hydrogens (tertiary/aromatic N) is 1. The molecule has 18 heavy (non-hydrogen) atoms. The van der Waals surface area contributed by atoms with Crippen LogP contribution in [-0.4, -0.2) is 42.8 Å². The standard InChI is InChI=1S/C15H24N2O/c1-12-4-5-14(10-13(12)2)15(3,11-18)17-8-6-16-7-9-17/h4-5,10,16,18H,6-9,11H2,1-3H3. The molecule has 0 spiro atoms. The summed E-state index contributed by atoms with van der Waals surface area (Å²) in [6.45, 7) is 10.5. The van der Waals surface area contributed by atoms with Crippen LogP contribution in [-0.2, 0) is 5.54 Å². The summed E-state index contributed by atoms with van der Waals surface area (Å²) < 4.78 is 0. The Morgan fingerprint density at radius 3 is 2.44 bits per heavy atom. The number of benzene rings is 1. The lowest BCUT2D eigenvalue weighted by atomic mass is 9.88. The quantitative estimate of drug-likeness (QED) is 0.849. The molecule has 2 rings (SSSR count). The van der Waals surface area contributed by atoms with Gasteiger partial charge < -0.3 is 10.4 Å². The summed E-state index contributed by atoms with van der Waals surface area (Å²) in [5.41, 5.74) is 3.55. The van der Waals surface area contributed by atoms with Gasteiger partial charge in [-0.3, -0.25) is 4.90 Å². The highest BCUT2D eigenvalue weighted by Gasteiger charge is 2.33. The van der Waals surface area contributed by atoms with E-state index in [1.807, 2.05) is 0 Å². The Balaban J connectivity index is 2.32. The molecule has 1 saturated heterocycles. The topological polar surface area (TPSA) is 35.5 Å². The number of rotatable bonds is 3. The van der Waals surface area contributed by atoms with Gasteiger partial charge in [-0.05, 0) is 37.5 Å². The average molecular weight is 248 g/mol. The summed E-state index contributed by atoms with van der Waals surface area (Å²) in [6, 6.07) is 6.52. The summed E-state index contributed by atoms with van der Waals surface area (Å²) in [6.07, 6.45) is 0. The Bertz CT molecular complexity index is 413. The van der Waals surface area contributed by atoms with Crippen LogP contribution in [0.15, 0.2) is 18.2 Å². The van der Waals surface area contributed by atoms with Crippen LogP contribution in [0.4, 0.5) is 0 Å². The van der Waals surface area contributed by atoms with Crippen molar-refractivity contribution in [1.82, 2.24) is 10.2 Å². The van der Waals surface area contributed by atoms with E-state index in [2.05, 4.69) is 49.2 Å². The molecule has 0 amide bonds. The van der Waals surface area contributed by atoms with Gasteiger partial charge in [-0.1, -0.05) is 18.2 Å². The minimum absolute atomic E-state index is 0.162. The number of piperazine rings is 1. The second kappa shape index (κ2) is 5.39. The van der Waals surface area contributed by atoms with Crippen LogP contribution in [0.1, 0.15) is 23.6 Å². The first-order chi connectivity index (χ1) is 8.58. The molecule has 1 heterocycles. The molecule has 1 aromatic rings. The van der Waals surface area contributed by atoms with Crippen LogP contribution < -0.4 is 5.32 Å². The first kappa shape index (κ1) is 13.5. The molecule has 1 aromatic carbocycles. The number of aryl methyl sites for hydroxylation is 2. The van der Waals surface area contributed by atoms with Crippen molar-refractivity contribution in [3.63, 3.8) is 0 Å². The van der Waals surface area contributed by atoms with E-state index in [0.717, 1.165) is 26.2 Å². The third kappa shape index (κ3) is 2.44. The number of hydrogen-bond donors (Lipinski definition) is 2. The first-order valence-corrected chi connectivity index (χ1v) is 6.72. The molecule has 1 unspecified atom stereocenters.